The van der Waals surface area contributed by atoms with Crippen LogP contribution in [0, 0.1) is 5.92 Å². The monoisotopic (exact) mass is 363 g/mol. The first-order chi connectivity index (χ1) is 13.2. The van der Waals surface area contributed by atoms with Gasteiger partial charge in [-0.3, -0.25) is 14.7 Å². The molecule has 138 valence electrons. The number of hydrogen-bond donors (Lipinski definition) is 0. The molecule has 2 fully saturated rings. The van der Waals surface area contributed by atoms with Crippen LogP contribution in [-0.2, 0) is 13.1 Å². The number of nitrogens with zero attached hydrogens (tertiary/aromatic N) is 5. The normalized spacial score (nSPS) is 17.8. The van der Waals surface area contributed by atoms with Gasteiger partial charge in [-0.2, -0.15) is 5.10 Å². The Labute approximate surface area is 156 Å². The van der Waals surface area contributed by atoms with E-state index in [0.29, 0.717) is 18.4 Å². The highest BCUT2D eigenvalue weighted by molar-refractivity contribution is 5.56. The molecule has 4 heterocycles. The van der Waals surface area contributed by atoms with Gasteiger partial charge in [0.2, 0.25) is 0 Å². The van der Waals surface area contributed by atoms with Gasteiger partial charge in [-0.1, -0.05) is 5.16 Å². The Kier molecular flexibility index (Phi) is 4.09. The van der Waals surface area contributed by atoms with Crippen LogP contribution < -0.4 is 5.56 Å². The summed E-state index contributed by atoms with van der Waals surface area (Å²) in [6.45, 7) is 3.34. The molecule has 1 saturated heterocycles. The van der Waals surface area contributed by atoms with Crippen molar-refractivity contribution < 1.29 is 4.52 Å². The highest BCUT2D eigenvalue weighted by Gasteiger charge is 2.30. The first-order valence-corrected chi connectivity index (χ1v) is 9.41. The van der Waals surface area contributed by atoms with E-state index in [0.717, 1.165) is 42.3 Å². The van der Waals surface area contributed by atoms with Gasteiger partial charge in [-0.05, 0) is 31.0 Å². The third-order valence-electron chi connectivity index (χ3n) is 5.25. The van der Waals surface area contributed by atoms with Gasteiger partial charge in [0.1, 0.15) is 5.76 Å². The van der Waals surface area contributed by atoms with E-state index in [-0.39, 0.29) is 5.56 Å². The average Bonchev–Trinajstić information content (AvgIpc) is 3.41. The van der Waals surface area contributed by atoms with Crippen molar-refractivity contribution in [3.63, 3.8) is 0 Å². The second-order valence-corrected chi connectivity index (χ2v) is 7.53. The standard InChI is InChI=1S/C20H21N5O2/c26-20-4-3-18(15-5-7-21-8-6-15)22-25(20)12-14-10-24(11-14)13-17-9-19(27-23-17)16-1-2-16/h3-9,14,16H,1-2,10-13H2. The molecule has 27 heavy (non-hydrogen) atoms. The Morgan fingerprint density at radius 1 is 1.11 bits per heavy atom. The minimum absolute atomic E-state index is 0.0585. The zero-order chi connectivity index (χ0) is 18.2. The van der Waals surface area contributed by atoms with Gasteiger partial charge in [0.25, 0.3) is 5.56 Å². The number of pyridine rings is 1. The highest BCUT2D eigenvalue weighted by atomic mass is 16.5. The summed E-state index contributed by atoms with van der Waals surface area (Å²) in [5.74, 6) is 2.06. The maximum absolute atomic E-state index is 12.2. The van der Waals surface area contributed by atoms with Crippen molar-refractivity contribution in [2.24, 2.45) is 5.92 Å². The lowest BCUT2D eigenvalue weighted by Crippen LogP contribution is -2.48. The maximum atomic E-state index is 12.2. The SMILES string of the molecule is O=c1ccc(-c2ccncc2)nn1CC1CN(Cc2cc(C3CC3)on2)C1. The predicted molar refractivity (Wildman–Crippen MR) is 99.0 cm³/mol. The number of rotatable bonds is 6. The molecule has 0 unspecified atom stereocenters. The first-order valence-electron chi connectivity index (χ1n) is 9.41. The van der Waals surface area contributed by atoms with Gasteiger partial charge in [-0.25, -0.2) is 4.68 Å². The van der Waals surface area contributed by atoms with Gasteiger partial charge in [0, 0.05) is 61.6 Å². The van der Waals surface area contributed by atoms with Crippen molar-refractivity contribution in [3.05, 3.63) is 64.5 Å². The molecule has 3 aromatic heterocycles. The van der Waals surface area contributed by atoms with Gasteiger partial charge < -0.3 is 4.52 Å². The van der Waals surface area contributed by atoms with E-state index in [1.807, 2.05) is 12.1 Å². The zero-order valence-electron chi connectivity index (χ0n) is 15.0. The maximum Gasteiger partial charge on any atom is 0.266 e. The van der Waals surface area contributed by atoms with E-state index in [4.69, 9.17) is 4.52 Å². The second kappa shape index (κ2) is 6.74. The molecule has 7 heteroatoms. The number of hydrogen-bond acceptors (Lipinski definition) is 6. The van der Waals surface area contributed by atoms with Crippen molar-refractivity contribution >= 4 is 0 Å². The smallest absolute Gasteiger partial charge is 0.266 e. The topological polar surface area (TPSA) is 77.0 Å². The van der Waals surface area contributed by atoms with Gasteiger partial charge in [0.15, 0.2) is 0 Å². The van der Waals surface area contributed by atoms with Crippen LogP contribution in [-0.4, -0.2) is 37.9 Å². The van der Waals surface area contributed by atoms with Crippen molar-refractivity contribution in [2.45, 2.75) is 31.8 Å². The van der Waals surface area contributed by atoms with Crippen LogP contribution in [0.15, 0.2) is 52.0 Å². The lowest BCUT2D eigenvalue weighted by Gasteiger charge is -2.38. The van der Waals surface area contributed by atoms with Gasteiger partial charge >= 0.3 is 0 Å². The predicted octanol–water partition coefficient (Wildman–Crippen LogP) is 2.30. The number of likely N-dealkylation sites (tertiary alicyclic amines) is 1. The molecule has 1 aliphatic heterocycles. The second-order valence-electron chi connectivity index (χ2n) is 7.53. The molecule has 0 aromatic carbocycles. The Balaban J connectivity index is 1.20. The zero-order valence-corrected chi connectivity index (χ0v) is 15.0. The summed E-state index contributed by atoms with van der Waals surface area (Å²) < 4.78 is 7.00. The largest absolute Gasteiger partial charge is 0.361 e. The molecule has 0 atom stereocenters. The summed E-state index contributed by atoms with van der Waals surface area (Å²) in [6, 6.07) is 9.25. The summed E-state index contributed by atoms with van der Waals surface area (Å²) >= 11 is 0. The molecule has 1 saturated carbocycles. The molecule has 0 radical (unpaired) electrons. The Morgan fingerprint density at radius 2 is 1.93 bits per heavy atom. The van der Waals surface area contributed by atoms with Crippen LogP contribution in [0.4, 0.5) is 0 Å². The summed E-state index contributed by atoms with van der Waals surface area (Å²) in [4.78, 5) is 18.5. The molecule has 7 nitrogen and oxygen atoms in total. The van der Waals surface area contributed by atoms with Crippen LogP contribution in [0.3, 0.4) is 0 Å². The molecule has 1 aliphatic carbocycles. The lowest BCUT2D eigenvalue weighted by molar-refractivity contribution is 0.0744. The van der Waals surface area contributed by atoms with Crippen LogP contribution in [0.2, 0.25) is 0 Å². The van der Waals surface area contributed by atoms with E-state index in [1.165, 1.54) is 12.8 Å². The molecular weight excluding hydrogens is 342 g/mol. The first kappa shape index (κ1) is 16.4. The molecule has 0 amide bonds. The fourth-order valence-electron chi connectivity index (χ4n) is 3.61. The van der Waals surface area contributed by atoms with Crippen LogP contribution >= 0.6 is 0 Å². The minimum Gasteiger partial charge on any atom is -0.361 e. The molecular formula is C20H21N5O2. The lowest BCUT2D eigenvalue weighted by atomic mass is 10.00. The quantitative estimate of drug-likeness (QED) is 0.669. The van der Waals surface area contributed by atoms with Crippen molar-refractivity contribution in [1.82, 2.24) is 24.8 Å². The van der Waals surface area contributed by atoms with E-state index >= 15 is 0 Å². The van der Waals surface area contributed by atoms with Gasteiger partial charge in [-0.15, -0.1) is 0 Å². The fourth-order valence-corrected chi connectivity index (χ4v) is 3.61. The van der Waals surface area contributed by atoms with Crippen molar-refractivity contribution in [3.8, 4) is 11.3 Å². The third kappa shape index (κ3) is 3.55. The Hall–Kier alpha value is -2.80. The van der Waals surface area contributed by atoms with Gasteiger partial charge in [0.05, 0.1) is 17.9 Å². The minimum atomic E-state index is -0.0585. The third-order valence-corrected chi connectivity index (χ3v) is 5.25. The molecule has 0 spiro atoms. The number of aromatic nitrogens is 4. The van der Waals surface area contributed by atoms with Crippen LogP contribution in [0.25, 0.3) is 11.3 Å². The van der Waals surface area contributed by atoms with E-state index in [9.17, 15) is 4.79 Å². The fraction of sp³-hybridized carbons (Fsp3) is 0.400. The molecule has 5 rings (SSSR count). The molecule has 0 bridgehead atoms. The van der Waals surface area contributed by atoms with Crippen molar-refractivity contribution in [2.75, 3.05) is 13.1 Å². The van der Waals surface area contributed by atoms with Crippen LogP contribution in [0.1, 0.15) is 30.2 Å². The van der Waals surface area contributed by atoms with E-state index < -0.39 is 0 Å². The summed E-state index contributed by atoms with van der Waals surface area (Å²) in [7, 11) is 0. The van der Waals surface area contributed by atoms with E-state index in [1.54, 1.807) is 29.2 Å². The average molecular weight is 363 g/mol. The summed E-state index contributed by atoms with van der Waals surface area (Å²) in [5.41, 5.74) is 2.71. The highest BCUT2D eigenvalue weighted by Crippen LogP contribution is 2.40. The summed E-state index contributed by atoms with van der Waals surface area (Å²) in [5, 5.41) is 8.71. The van der Waals surface area contributed by atoms with Crippen LogP contribution in [0.5, 0.6) is 0 Å². The van der Waals surface area contributed by atoms with Crippen molar-refractivity contribution in [1.29, 1.82) is 0 Å². The molecule has 0 N–H and O–H groups in total. The molecule has 3 aromatic rings. The summed E-state index contributed by atoms with van der Waals surface area (Å²) in [6.07, 6.45) is 5.91. The molecule has 2 aliphatic rings. The Bertz CT molecular complexity index is 987. The Morgan fingerprint density at radius 3 is 2.70 bits per heavy atom. The van der Waals surface area contributed by atoms with E-state index in [2.05, 4.69) is 26.2 Å².